The Balaban J connectivity index is 0.00000185. The number of carbonyl (C=O) groups is 1. The van der Waals surface area contributed by atoms with E-state index in [2.05, 4.69) is 9.72 Å². The molecule has 25 heavy (non-hydrogen) atoms. The fourth-order valence-corrected chi connectivity index (χ4v) is 2.07. The van der Waals surface area contributed by atoms with E-state index in [-0.39, 0.29) is 13.5 Å². The number of halogens is 3. The molecule has 0 saturated heterocycles. The zero-order valence-corrected chi connectivity index (χ0v) is 15.6. The first kappa shape index (κ1) is 23.0. The number of benzene rings is 1. The lowest BCUT2D eigenvalue weighted by atomic mass is 10.0. The number of methoxy groups -OCH3 is 1. The summed E-state index contributed by atoms with van der Waals surface area (Å²) < 4.78 is 43.8. The Kier molecular flexibility index (Phi) is 9.27. The number of alkyl halides is 3. The minimum atomic E-state index is -4.69. The third-order valence-corrected chi connectivity index (χ3v) is 3.24. The topological polar surface area (TPSA) is 39.2 Å². The molecule has 0 radical (unpaired) electrons. The standard InChI is InChI=1S/C16H14F3NO2.C2H6.H2S/c1-3-10-5-4-6-11(7-10)12-8-13(16(17,18)19)14(20-9-12)15(21)22-2;1-2;/h4-9H,3H2,1-2H3;1-2H3;1H2. The molecule has 138 valence electrons. The number of hydrogen-bond acceptors (Lipinski definition) is 3. The zero-order valence-electron chi connectivity index (χ0n) is 14.6. The van der Waals surface area contributed by atoms with Gasteiger partial charge in [-0.25, -0.2) is 9.78 Å². The molecule has 0 fully saturated rings. The fraction of sp³-hybridized carbons (Fsp3) is 0.333. The third-order valence-electron chi connectivity index (χ3n) is 3.24. The van der Waals surface area contributed by atoms with Crippen molar-refractivity contribution in [1.29, 1.82) is 0 Å². The molecule has 0 bridgehead atoms. The highest BCUT2D eigenvalue weighted by atomic mass is 32.1. The van der Waals surface area contributed by atoms with Crippen LogP contribution in [0, 0.1) is 0 Å². The van der Waals surface area contributed by atoms with Gasteiger partial charge in [-0.3, -0.25) is 0 Å². The first-order chi connectivity index (χ1) is 11.4. The van der Waals surface area contributed by atoms with Gasteiger partial charge in [0.25, 0.3) is 0 Å². The summed E-state index contributed by atoms with van der Waals surface area (Å²) in [6.45, 7) is 5.96. The predicted molar refractivity (Wildman–Crippen MR) is 97.1 cm³/mol. The molecule has 2 aromatic rings. The summed E-state index contributed by atoms with van der Waals surface area (Å²) in [5.41, 5.74) is 0.0938. The molecule has 0 aliphatic rings. The normalized spacial score (nSPS) is 10.2. The van der Waals surface area contributed by atoms with Crippen molar-refractivity contribution in [2.75, 3.05) is 7.11 Å². The van der Waals surface area contributed by atoms with Crippen molar-refractivity contribution in [2.24, 2.45) is 0 Å². The Morgan fingerprint density at radius 3 is 2.32 bits per heavy atom. The van der Waals surface area contributed by atoms with Gasteiger partial charge in [0.15, 0.2) is 5.69 Å². The molecular formula is C18H22F3NO2S. The summed E-state index contributed by atoms with van der Waals surface area (Å²) in [4.78, 5) is 15.1. The van der Waals surface area contributed by atoms with Gasteiger partial charge in [-0.1, -0.05) is 45.0 Å². The second kappa shape index (κ2) is 10.1. The smallest absolute Gasteiger partial charge is 0.418 e. The SMILES string of the molecule is CC.CCc1cccc(-c2cnc(C(=O)OC)c(C(F)(F)F)c2)c1.S. The predicted octanol–water partition coefficient (Wildman–Crippen LogP) is 5.26. The van der Waals surface area contributed by atoms with Gasteiger partial charge in [0.1, 0.15) is 0 Å². The molecule has 7 heteroatoms. The lowest BCUT2D eigenvalue weighted by Crippen LogP contribution is -2.16. The van der Waals surface area contributed by atoms with Crippen LogP contribution in [0.1, 0.15) is 42.4 Å². The van der Waals surface area contributed by atoms with Gasteiger partial charge in [-0.15, -0.1) is 0 Å². The van der Waals surface area contributed by atoms with Crippen molar-refractivity contribution in [3.05, 3.63) is 53.3 Å². The van der Waals surface area contributed by atoms with E-state index >= 15 is 0 Å². The van der Waals surface area contributed by atoms with Crippen LogP contribution in [-0.4, -0.2) is 18.1 Å². The van der Waals surface area contributed by atoms with Crippen LogP contribution >= 0.6 is 13.5 Å². The summed E-state index contributed by atoms with van der Waals surface area (Å²) in [7, 11) is 1.02. The number of rotatable bonds is 3. The largest absolute Gasteiger partial charge is 0.464 e. The molecule has 0 aliphatic heterocycles. The van der Waals surface area contributed by atoms with E-state index in [0.717, 1.165) is 25.2 Å². The average molecular weight is 373 g/mol. The third kappa shape index (κ3) is 5.77. The first-order valence-corrected chi connectivity index (χ1v) is 7.61. The Bertz CT molecular complexity index is 703. The maximum atomic E-state index is 13.1. The van der Waals surface area contributed by atoms with Gasteiger partial charge in [-0.2, -0.15) is 26.7 Å². The highest BCUT2D eigenvalue weighted by Crippen LogP contribution is 2.34. The molecule has 3 nitrogen and oxygen atoms in total. The number of carbonyl (C=O) groups excluding carboxylic acids is 1. The van der Waals surface area contributed by atoms with Gasteiger partial charge in [-0.05, 0) is 23.6 Å². The van der Waals surface area contributed by atoms with Crippen LogP contribution < -0.4 is 0 Å². The maximum absolute atomic E-state index is 13.1. The van der Waals surface area contributed by atoms with Crippen molar-refractivity contribution in [2.45, 2.75) is 33.4 Å². The number of nitrogens with zero attached hydrogens (tertiary/aromatic N) is 1. The Hall–Kier alpha value is -2.02. The fourth-order valence-electron chi connectivity index (χ4n) is 2.07. The van der Waals surface area contributed by atoms with Crippen molar-refractivity contribution >= 4 is 19.5 Å². The minimum absolute atomic E-state index is 0. The van der Waals surface area contributed by atoms with E-state index < -0.39 is 23.4 Å². The van der Waals surface area contributed by atoms with E-state index in [1.165, 1.54) is 6.20 Å². The first-order valence-electron chi connectivity index (χ1n) is 7.61. The van der Waals surface area contributed by atoms with Gasteiger partial charge < -0.3 is 4.74 Å². The van der Waals surface area contributed by atoms with E-state index in [9.17, 15) is 18.0 Å². The molecule has 1 heterocycles. The van der Waals surface area contributed by atoms with Crippen molar-refractivity contribution in [3.63, 3.8) is 0 Å². The van der Waals surface area contributed by atoms with Gasteiger partial charge >= 0.3 is 12.1 Å². The molecule has 0 N–H and O–H groups in total. The van der Waals surface area contributed by atoms with Crippen LogP contribution in [0.25, 0.3) is 11.1 Å². The average Bonchev–Trinajstić information content (AvgIpc) is 2.61. The maximum Gasteiger partial charge on any atom is 0.418 e. The van der Waals surface area contributed by atoms with Crippen LogP contribution in [0.3, 0.4) is 0 Å². The number of hydrogen-bond donors (Lipinski definition) is 0. The summed E-state index contributed by atoms with van der Waals surface area (Å²) >= 11 is 0. The Morgan fingerprint density at radius 2 is 1.80 bits per heavy atom. The van der Waals surface area contributed by atoms with E-state index in [0.29, 0.717) is 11.1 Å². The van der Waals surface area contributed by atoms with Gasteiger partial charge in [0.2, 0.25) is 0 Å². The Labute approximate surface area is 152 Å². The molecular weight excluding hydrogens is 351 g/mol. The number of aromatic nitrogens is 1. The Morgan fingerprint density at radius 1 is 1.16 bits per heavy atom. The van der Waals surface area contributed by atoms with E-state index in [1.54, 1.807) is 18.2 Å². The minimum Gasteiger partial charge on any atom is -0.464 e. The van der Waals surface area contributed by atoms with E-state index in [4.69, 9.17) is 0 Å². The number of esters is 1. The van der Waals surface area contributed by atoms with Crippen LogP contribution in [0.15, 0.2) is 36.5 Å². The quantitative estimate of drug-likeness (QED) is 0.689. The number of ether oxygens (including phenoxy) is 1. The molecule has 0 atom stereocenters. The van der Waals surface area contributed by atoms with Crippen LogP contribution in [0.5, 0.6) is 0 Å². The van der Waals surface area contributed by atoms with Crippen molar-refractivity contribution in [3.8, 4) is 11.1 Å². The van der Waals surface area contributed by atoms with E-state index in [1.807, 2.05) is 26.8 Å². The number of aryl methyl sites for hydroxylation is 1. The summed E-state index contributed by atoms with van der Waals surface area (Å²) in [5.74, 6) is -1.11. The molecule has 0 unspecified atom stereocenters. The van der Waals surface area contributed by atoms with Gasteiger partial charge in [0.05, 0.1) is 12.7 Å². The van der Waals surface area contributed by atoms with Crippen molar-refractivity contribution in [1.82, 2.24) is 4.98 Å². The summed E-state index contributed by atoms with van der Waals surface area (Å²) in [5, 5.41) is 0. The summed E-state index contributed by atoms with van der Waals surface area (Å²) in [6.07, 6.45) is -2.67. The second-order valence-corrected chi connectivity index (χ2v) is 4.66. The molecule has 0 spiro atoms. The van der Waals surface area contributed by atoms with Crippen molar-refractivity contribution < 1.29 is 22.7 Å². The highest BCUT2D eigenvalue weighted by Gasteiger charge is 2.37. The van der Waals surface area contributed by atoms with Crippen LogP contribution in [0.4, 0.5) is 13.2 Å². The molecule has 1 aromatic carbocycles. The molecule has 0 aliphatic carbocycles. The second-order valence-electron chi connectivity index (χ2n) is 4.66. The van der Waals surface area contributed by atoms with Crippen LogP contribution in [0.2, 0.25) is 0 Å². The lowest BCUT2D eigenvalue weighted by molar-refractivity contribution is -0.138. The molecule has 1 aromatic heterocycles. The summed E-state index contributed by atoms with van der Waals surface area (Å²) in [6, 6.07) is 8.09. The van der Waals surface area contributed by atoms with Gasteiger partial charge in [0, 0.05) is 11.8 Å². The lowest BCUT2D eigenvalue weighted by Gasteiger charge is -2.13. The highest BCUT2D eigenvalue weighted by molar-refractivity contribution is 7.59. The molecule has 0 amide bonds. The number of pyridine rings is 1. The molecule has 0 saturated carbocycles. The van der Waals surface area contributed by atoms with Crippen LogP contribution in [-0.2, 0) is 17.3 Å². The zero-order chi connectivity index (χ0) is 18.3. The molecule has 2 rings (SSSR count). The monoisotopic (exact) mass is 373 g/mol.